The van der Waals surface area contributed by atoms with Crippen LogP contribution in [0.4, 0.5) is 0 Å². The van der Waals surface area contributed by atoms with Crippen molar-refractivity contribution in [3.05, 3.63) is 11.6 Å². The van der Waals surface area contributed by atoms with Gasteiger partial charge in [0.25, 0.3) is 0 Å². The Labute approximate surface area is 111 Å². The van der Waals surface area contributed by atoms with Crippen LogP contribution in [0.15, 0.2) is 11.6 Å². The van der Waals surface area contributed by atoms with Crippen molar-refractivity contribution in [3.8, 4) is 0 Å². The number of methoxy groups -OCH3 is 1. The van der Waals surface area contributed by atoms with E-state index in [-0.39, 0.29) is 5.97 Å². The molecule has 0 saturated heterocycles. The molecule has 1 rings (SSSR count). The number of esters is 1. The Morgan fingerprint density at radius 1 is 1.28 bits per heavy atom. The first-order valence-corrected chi connectivity index (χ1v) is 7.14. The molecule has 0 radical (unpaired) electrons. The first-order chi connectivity index (χ1) is 8.77. The van der Waals surface area contributed by atoms with Gasteiger partial charge in [-0.3, -0.25) is 0 Å². The predicted molar refractivity (Wildman–Crippen MR) is 72.4 cm³/mol. The quantitative estimate of drug-likeness (QED) is 0.396. The Morgan fingerprint density at radius 2 is 2.00 bits per heavy atom. The van der Waals surface area contributed by atoms with E-state index >= 15 is 0 Å². The molecule has 0 aromatic carbocycles. The molecule has 3 nitrogen and oxygen atoms in total. The highest BCUT2D eigenvalue weighted by Gasteiger charge is 2.16. The van der Waals surface area contributed by atoms with Crippen molar-refractivity contribution < 1.29 is 14.3 Å². The first kappa shape index (κ1) is 15.2. The standard InChI is InChI=1S/C15H26O3/c1-3-4-10-18-15(16)14(12-17-2)11-13-8-6-5-7-9-13/h11,13H,3-10,12H2,1-2H3. The fourth-order valence-electron chi connectivity index (χ4n) is 2.32. The van der Waals surface area contributed by atoms with Gasteiger partial charge < -0.3 is 9.47 Å². The summed E-state index contributed by atoms with van der Waals surface area (Å²) >= 11 is 0. The largest absolute Gasteiger partial charge is 0.462 e. The van der Waals surface area contributed by atoms with Crippen molar-refractivity contribution in [2.75, 3.05) is 20.3 Å². The third-order valence-electron chi connectivity index (χ3n) is 3.38. The van der Waals surface area contributed by atoms with Gasteiger partial charge in [0, 0.05) is 7.11 Å². The van der Waals surface area contributed by atoms with E-state index in [1.807, 2.05) is 0 Å². The van der Waals surface area contributed by atoms with Gasteiger partial charge in [-0.15, -0.1) is 0 Å². The molecule has 1 aliphatic carbocycles. The zero-order valence-electron chi connectivity index (χ0n) is 11.7. The molecular weight excluding hydrogens is 228 g/mol. The Kier molecular flexibility index (Phi) is 7.74. The molecule has 0 atom stereocenters. The van der Waals surface area contributed by atoms with Crippen LogP contribution in [0, 0.1) is 5.92 Å². The Hall–Kier alpha value is -0.830. The van der Waals surface area contributed by atoms with Crippen molar-refractivity contribution in [2.45, 2.75) is 51.9 Å². The highest BCUT2D eigenvalue weighted by Crippen LogP contribution is 2.25. The van der Waals surface area contributed by atoms with Gasteiger partial charge in [0.1, 0.15) is 0 Å². The molecule has 0 heterocycles. The second kappa shape index (κ2) is 9.15. The van der Waals surface area contributed by atoms with Gasteiger partial charge in [-0.25, -0.2) is 4.79 Å². The molecule has 1 aliphatic rings. The number of unbranched alkanes of at least 4 members (excludes halogenated alkanes) is 1. The summed E-state index contributed by atoms with van der Waals surface area (Å²) in [6, 6.07) is 0. The van der Waals surface area contributed by atoms with E-state index in [1.165, 1.54) is 32.1 Å². The van der Waals surface area contributed by atoms with E-state index in [0.29, 0.717) is 24.7 Å². The molecule has 3 heteroatoms. The number of ether oxygens (including phenoxy) is 2. The molecule has 0 amide bonds. The topological polar surface area (TPSA) is 35.5 Å². The molecule has 1 fully saturated rings. The highest BCUT2D eigenvalue weighted by atomic mass is 16.5. The van der Waals surface area contributed by atoms with Crippen molar-refractivity contribution >= 4 is 5.97 Å². The summed E-state index contributed by atoms with van der Waals surface area (Å²) in [5.74, 6) is 0.332. The second-order valence-electron chi connectivity index (χ2n) is 5.01. The van der Waals surface area contributed by atoms with Crippen LogP contribution in [-0.4, -0.2) is 26.3 Å². The van der Waals surface area contributed by atoms with Crippen LogP contribution in [0.25, 0.3) is 0 Å². The fourth-order valence-corrected chi connectivity index (χ4v) is 2.32. The molecule has 0 aromatic rings. The molecule has 1 saturated carbocycles. The first-order valence-electron chi connectivity index (χ1n) is 7.14. The summed E-state index contributed by atoms with van der Waals surface area (Å²) in [7, 11) is 1.62. The number of hydrogen-bond acceptors (Lipinski definition) is 3. The second-order valence-corrected chi connectivity index (χ2v) is 5.01. The molecule has 0 unspecified atom stereocenters. The zero-order valence-corrected chi connectivity index (χ0v) is 11.7. The molecule has 0 aliphatic heterocycles. The summed E-state index contributed by atoms with van der Waals surface area (Å²) in [6.07, 6.45) is 10.3. The summed E-state index contributed by atoms with van der Waals surface area (Å²) < 4.78 is 10.4. The Bertz CT molecular complexity index is 265. The van der Waals surface area contributed by atoms with Crippen LogP contribution in [0.3, 0.4) is 0 Å². The predicted octanol–water partition coefficient (Wildman–Crippen LogP) is 3.48. The number of carbonyl (C=O) groups excluding carboxylic acids is 1. The summed E-state index contributed by atoms with van der Waals surface area (Å²) in [6.45, 7) is 2.96. The van der Waals surface area contributed by atoms with Crippen LogP contribution >= 0.6 is 0 Å². The number of allylic oxidation sites excluding steroid dienone is 1. The van der Waals surface area contributed by atoms with Crippen LogP contribution in [0.5, 0.6) is 0 Å². The Morgan fingerprint density at radius 3 is 2.61 bits per heavy atom. The van der Waals surface area contributed by atoms with Gasteiger partial charge in [-0.1, -0.05) is 38.7 Å². The minimum atomic E-state index is -0.198. The number of rotatable bonds is 7. The third-order valence-corrected chi connectivity index (χ3v) is 3.38. The lowest BCUT2D eigenvalue weighted by Crippen LogP contribution is -2.15. The fraction of sp³-hybridized carbons (Fsp3) is 0.800. The maximum atomic E-state index is 11.9. The lowest BCUT2D eigenvalue weighted by Gasteiger charge is -2.19. The van der Waals surface area contributed by atoms with Crippen molar-refractivity contribution in [1.29, 1.82) is 0 Å². The average Bonchev–Trinajstić information content (AvgIpc) is 2.39. The molecular formula is C15H26O3. The lowest BCUT2D eigenvalue weighted by atomic mass is 9.88. The van der Waals surface area contributed by atoms with E-state index in [9.17, 15) is 4.79 Å². The van der Waals surface area contributed by atoms with Gasteiger partial charge in [0.15, 0.2) is 0 Å². The van der Waals surface area contributed by atoms with Gasteiger partial charge in [-0.2, -0.15) is 0 Å². The molecule has 104 valence electrons. The van der Waals surface area contributed by atoms with E-state index in [2.05, 4.69) is 13.0 Å². The molecule has 0 N–H and O–H groups in total. The smallest absolute Gasteiger partial charge is 0.336 e. The van der Waals surface area contributed by atoms with Crippen LogP contribution in [-0.2, 0) is 14.3 Å². The Balaban J connectivity index is 2.50. The van der Waals surface area contributed by atoms with E-state index in [0.717, 1.165) is 12.8 Å². The SMILES string of the molecule is CCCCOC(=O)C(=CC1CCCCC1)COC. The van der Waals surface area contributed by atoms with Gasteiger partial charge >= 0.3 is 5.97 Å². The monoisotopic (exact) mass is 254 g/mol. The van der Waals surface area contributed by atoms with Crippen LogP contribution in [0.1, 0.15) is 51.9 Å². The van der Waals surface area contributed by atoms with Crippen LogP contribution < -0.4 is 0 Å². The van der Waals surface area contributed by atoms with Crippen molar-refractivity contribution in [3.63, 3.8) is 0 Å². The van der Waals surface area contributed by atoms with Crippen molar-refractivity contribution in [2.24, 2.45) is 5.92 Å². The zero-order chi connectivity index (χ0) is 13.2. The molecule has 0 aromatic heterocycles. The maximum Gasteiger partial charge on any atom is 0.336 e. The molecule has 18 heavy (non-hydrogen) atoms. The van der Waals surface area contributed by atoms with E-state index in [1.54, 1.807) is 7.11 Å². The van der Waals surface area contributed by atoms with Crippen LogP contribution in [0.2, 0.25) is 0 Å². The summed E-state index contributed by atoms with van der Waals surface area (Å²) in [5.41, 5.74) is 0.695. The summed E-state index contributed by atoms with van der Waals surface area (Å²) in [5, 5.41) is 0. The maximum absolute atomic E-state index is 11.9. The van der Waals surface area contributed by atoms with Gasteiger partial charge in [-0.05, 0) is 25.2 Å². The number of hydrogen-bond donors (Lipinski definition) is 0. The minimum Gasteiger partial charge on any atom is -0.462 e. The van der Waals surface area contributed by atoms with Gasteiger partial charge in [0.2, 0.25) is 0 Å². The molecule has 0 spiro atoms. The van der Waals surface area contributed by atoms with Crippen molar-refractivity contribution in [1.82, 2.24) is 0 Å². The highest BCUT2D eigenvalue weighted by molar-refractivity contribution is 5.88. The number of carbonyl (C=O) groups is 1. The normalized spacial score (nSPS) is 17.8. The molecule has 0 bridgehead atoms. The minimum absolute atomic E-state index is 0.198. The van der Waals surface area contributed by atoms with E-state index in [4.69, 9.17) is 9.47 Å². The average molecular weight is 254 g/mol. The van der Waals surface area contributed by atoms with E-state index < -0.39 is 0 Å². The summed E-state index contributed by atoms with van der Waals surface area (Å²) in [4.78, 5) is 11.9. The lowest BCUT2D eigenvalue weighted by molar-refractivity contribution is -0.139. The third kappa shape index (κ3) is 5.67. The van der Waals surface area contributed by atoms with Gasteiger partial charge in [0.05, 0.1) is 18.8 Å².